The van der Waals surface area contributed by atoms with Gasteiger partial charge in [-0.3, -0.25) is 4.99 Å². The Morgan fingerprint density at radius 1 is 1.19 bits per heavy atom. The highest BCUT2D eigenvalue weighted by molar-refractivity contribution is 14.0. The Hall–Kier alpha value is -0.380. The summed E-state index contributed by atoms with van der Waals surface area (Å²) in [6.45, 7) is 11.1. The van der Waals surface area contributed by atoms with E-state index in [4.69, 9.17) is 4.74 Å². The molecule has 27 heavy (non-hydrogen) atoms. The molecule has 158 valence electrons. The van der Waals surface area contributed by atoms with E-state index in [1.54, 1.807) is 0 Å². The number of carbonyl (C=O) groups is 1. The van der Waals surface area contributed by atoms with Gasteiger partial charge in [0.05, 0.1) is 0 Å². The van der Waals surface area contributed by atoms with Crippen LogP contribution < -0.4 is 10.6 Å². The van der Waals surface area contributed by atoms with E-state index in [1.165, 1.54) is 0 Å². The summed E-state index contributed by atoms with van der Waals surface area (Å²) in [5.74, 6) is 0.849. The minimum atomic E-state index is -0.443. The molecule has 2 aliphatic heterocycles. The van der Waals surface area contributed by atoms with E-state index in [1.807, 2.05) is 44.5 Å². The molecule has 2 fully saturated rings. The van der Waals surface area contributed by atoms with E-state index < -0.39 is 5.60 Å². The third-order valence-electron chi connectivity index (χ3n) is 5.14. The normalized spacial score (nSPS) is 25.7. The van der Waals surface area contributed by atoms with Crippen LogP contribution in [0.25, 0.3) is 0 Å². The van der Waals surface area contributed by atoms with Crippen molar-refractivity contribution in [1.29, 1.82) is 0 Å². The molecular weight excluding hydrogens is 475 g/mol. The second-order valence-corrected chi connectivity index (χ2v) is 10.5. The molecule has 0 spiro atoms. The number of hydrogen-bond acceptors (Lipinski definition) is 4. The van der Waals surface area contributed by atoms with Gasteiger partial charge in [-0.1, -0.05) is 0 Å². The van der Waals surface area contributed by atoms with Crippen LogP contribution in [0.5, 0.6) is 0 Å². The fourth-order valence-corrected chi connectivity index (χ4v) is 3.88. The van der Waals surface area contributed by atoms with Gasteiger partial charge in [0, 0.05) is 36.5 Å². The van der Waals surface area contributed by atoms with Crippen LogP contribution in [0.4, 0.5) is 4.79 Å². The zero-order chi connectivity index (χ0) is 19.5. The Balaban J connectivity index is 0.00000364. The predicted molar refractivity (Wildman–Crippen MR) is 125 cm³/mol. The molecule has 2 aliphatic rings. The van der Waals surface area contributed by atoms with Crippen molar-refractivity contribution >= 4 is 47.8 Å². The maximum Gasteiger partial charge on any atom is 0.410 e. The molecule has 0 aromatic rings. The van der Waals surface area contributed by atoms with Crippen molar-refractivity contribution in [2.75, 3.05) is 19.8 Å². The molecule has 0 radical (unpaired) electrons. The van der Waals surface area contributed by atoms with E-state index in [0.29, 0.717) is 6.04 Å². The molecule has 2 saturated heterocycles. The number of carbonyl (C=O) groups excluding carboxylic acids is 1. The zero-order valence-electron chi connectivity index (χ0n) is 17.8. The first-order valence-corrected chi connectivity index (χ1v) is 10.8. The summed E-state index contributed by atoms with van der Waals surface area (Å²) in [7, 11) is 1.81. The van der Waals surface area contributed by atoms with Gasteiger partial charge in [-0.2, -0.15) is 11.8 Å². The second kappa shape index (κ2) is 9.89. The Kier molecular flexibility index (Phi) is 9.03. The molecule has 2 bridgehead atoms. The van der Waals surface area contributed by atoms with Gasteiger partial charge in [-0.15, -0.1) is 24.0 Å². The van der Waals surface area contributed by atoms with Crippen molar-refractivity contribution in [3.63, 3.8) is 0 Å². The minimum absolute atomic E-state index is 0. The summed E-state index contributed by atoms with van der Waals surface area (Å²) in [5.41, 5.74) is -0.443. The number of ether oxygens (including phenoxy) is 1. The lowest BCUT2D eigenvalue weighted by atomic mass is 9.98. The number of thioether (sulfide) groups is 1. The largest absolute Gasteiger partial charge is 0.444 e. The number of amides is 1. The van der Waals surface area contributed by atoms with E-state index >= 15 is 0 Å². The summed E-state index contributed by atoms with van der Waals surface area (Å²) < 4.78 is 5.78. The number of nitrogens with one attached hydrogen (secondary N) is 2. The SMILES string of the molecule is CN=C(NCC(C)(C)SC)NC1CC2CCC(C1)N2C(=O)OC(C)(C)C.I. The van der Waals surface area contributed by atoms with Crippen molar-refractivity contribution in [1.82, 2.24) is 15.5 Å². The summed E-state index contributed by atoms with van der Waals surface area (Å²) in [5, 5.41) is 7.00. The number of guanidine groups is 1. The Labute approximate surface area is 186 Å². The molecule has 2 unspecified atom stereocenters. The van der Waals surface area contributed by atoms with Crippen LogP contribution in [0, 0.1) is 0 Å². The highest BCUT2D eigenvalue weighted by Gasteiger charge is 2.45. The summed E-state index contributed by atoms with van der Waals surface area (Å²) in [6, 6.07) is 0.874. The number of nitrogens with zero attached hydrogens (tertiary/aromatic N) is 2. The van der Waals surface area contributed by atoms with E-state index in [-0.39, 0.29) is 46.9 Å². The number of fused-ring (bicyclic) bond motifs is 2. The smallest absolute Gasteiger partial charge is 0.410 e. The number of rotatable bonds is 4. The fourth-order valence-electron chi connectivity index (χ4n) is 3.66. The van der Waals surface area contributed by atoms with Gasteiger partial charge in [0.1, 0.15) is 5.60 Å². The van der Waals surface area contributed by atoms with Crippen molar-refractivity contribution in [3.05, 3.63) is 0 Å². The quantitative estimate of drug-likeness (QED) is 0.341. The number of hydrogen-bond donors (Lipinski definition) is 2. The Bertz CT molecular complexity index is 522. The number of piperidine rings is 1. The molecular formula is C19H37IN4O2S. The molecule has 0 aromatic heterocycles. The molecule has 2 N–H and O–H groups in total. The van der Waals surface area contributed by atoms with E-state index in [9.17, 15) is 4.79 Å². The second-order valence-electron chi connectivity index (χ2n) is 8.97. The minimum Gasteiger partial charge on any atom is -0.444 e. The van der Waals surface area contributed by atoms with Crippen LogP contribution >= 0.6 is 35.7 Å². The first kappa shape index (κ1) is 24.7. The van der Waals surface area contributed by atoms with Gasteiger partial charge < -0.3 is 20.3 Å². The lowest BCUT2D eigenvalue weighted by Crippen LogP contribution is -2.55. The molecule has 6 nitrogen and oxygen atoms in total. The topological polar surface area (TPSA) is 66.0 Å². The van der Waals surface area contributed by atoms with Gasteiger partial charge in [-0.25, -0.2) is 4.79 Å². The molecule has 1 amide bonds. The Morgan fingerprint density at radius 2 is 1.74 bits per heavy atom. The molecule has 0 aromatic carbocycles. The lowest BCUT2D eigenvalue weighted by molar-refractivity contribution is 0.00545. The highest BCUT2D eigenvalue weighted by Crippen LogP contribution is 2.36. The average molecular weight is 513 g/mol. The van der Waals surface area contributed by atoms with Crippen molar-refractivity contribution in [2.24, 2.45) is 4.99 Å². The lowest BCUT2D eigenvalue weighted by Gasteiger charge is -2.40. The van der Waals surface area contributed by atoms with Crippen LogP contribution in [-0.2, 0) is 4.74 Å². The molecule has 2 heterocycles. The highest BCUT2D eigenvalue weighted by atomic mass is 127. The molecule has 2 rings (SSSR count). The first-order valence-electron chi connectivity index (χ1n) is 9.58. The van der Waals surface area contributed by atoms with Gasteiger partial charge in [0.15, 0.2) is 5.96 Å². The third-order valence-corrected chi connectivity index (χ3v) is 6.39. The molecule has 2 atom stereocenters. The van der Waals surface area contributed by atoms with Gasteiger partial charge in [-0.05, 0) is 66.6 Å². The van der Waals surface area contributed by atoms with Crippen LogP contribution in [0.3, 0.4) is 0 Å². The summed E-state index contributed by atoms with van der Waals surface area (Å²) in [6.07, 6.45) is 5.99. The standard InChI is InChI=1S/C19H36N4O2S.HI/c1-18(2,3)25-17(24)23-14-8-9-15(23)11-13(10-14)22-16(20-6)21-12-19(4,5)26-7;/h13-15H,8-12H2,1-7H3,(H2,20,21,22);1H. The monoisotopic (exact) mass is 512 g/mol. The third kappa shape index (κ3) is 7.18. The number of halogens is 1. The zero-order valence-corrected chi connectivity index (χ0v) is 20.9. The molecule has 0 saturated carbocycles. The van der Waals surface area contributed by atoms with Gasteiger partial charge in [0.25, 0.3) is 0 Å². The predicted octanol–water partition coefficient (Wildman–Crippen LogP) is 3.84. The van der Waals surface area contributed by atoms with Gasteiger partial charge in [0.2, 0.25) is 0 Å². The van der Waals surface area contributed by atoms with E-state index in [0.717, 1.165) is 38.2 Å². The number of aliphatic imine (C=N–C) groups is 1. The van der Waals surface area contributed by atoms with E-state index in [2.05, 4.69) is 35.7 Å². The molecule has 0 aliphatic carbocycles. The maximum absolute atomic E-state index is 12.6. The van der Waals surface area contributed by atoms with Crippen molar-refractivity contribution in [2.45, 2.75) is 88.8 Å². The Morgan fingerprint density at radius 3 is 2.19 bits per heavy atom. The van der Waals surface area contributed by atoms with Crippen LogP contribution in [0.2, 0.25) is 0 Å². The van der Waals surface area contributed by atoms with Crippen LogP contribution in [-0.4, -0.2) is 65.3 Å². The molecule has 8 heteroatoms. The van der Waals surface area contributed by atoms with Crippen molar-refractivity contribution in [3.8, 4) is 0 Å². The van der Waals surface area contributed by atoms with Crippen LogP contribution in [0.15, 0.2) is 4.99 Å². The average Bonchev–Trinajstić information content (AvgIpc) is 2.81. The van der Waals surface area contributed by atoms with Gasteiger partial charge >= 0.3 is 6.09 Å². The van der Waals surface area contributed by atoms with Crippen molar-refractivity contribution < 1.29 is 9.53 Å². The first-order chi connectivity index (χ1) is 12.0. The summed E-state index contributed by atoms with van der Waals surface area (Å²) >= 11 is 1.84. The van der Waals surface area contributed by atoms with Crippen LogP contribution in [0.1, 0.15) is 60.3 Å². The maximum atomic E-state index is 12.6. The fraction of sp³-hybridized carbons (Fsp3) is 0.895. The summed E-state index contributed by atoms with van der Waals surface area (Å²) in [4.78, 5) is 18.9.